The van der Waals surface area contributed by atoms with Crippen LogP contribution in [0.25, 0.3) is 0 Å². The van der Waals surface area contributed by atoms with Crippen LogP contribution in [0.15, 0.2) is 18.2 Å². The standard InChI is InChI=1S/C12H15F2NO3/c1-3-15-10(12(16)17-2)7-18-11-8(13)5-4-6-9(11)14/h4-6,10,15H,3,7H2,1-2H3. The Labute approximate surface area is 104 Å². The van der Waals surface area contributed by atoms with E-state index in [0.29, 0.717) is 6.54 Å². The Morgan fingerprint density at radius 2 is 2.00 bits per heavy atom. The summed E-state index contributed by atoms with van der Waals surface area (Å²) in [7, 11) is 1.23. The summed E-state index contributed by atoms with van der Waals surface area (Å²) in [6, 6.07) is 2.64. The van der Waals surface area contributed by atoms with E-state index in [9.17, 15) is 13.6 Å². The van der Waals surface area contributed by atoms with Crippen molar-refractivity contribution in [2.45, 2.75) is 13.0 Å². The van der Waals surface area contributed by atoms with Crippen molar-refractivity contribution >= 4 is 5.97 Å². The van der Waals surface area contributed by atoms with Gasteiger partial charge in [-0.05, 0) is 18.7 Å². The molecule has 0 aliphatic carbocycles. The lowest BCUT2D eigenvalue weighted by atomic mass is 10.3. The number of halogens is 2. The maximum Gasteiger partial charge on any atom is 0.326 e. The van der Waals surface area contributed by atoms with Crippen molar-refractivity contribution < 1.29 is 23.0 Å². The largest absolute Gasteiger partial charge is 0.485 e. The summed E-state index contributed by atoms with van der Waals surface area (Å²) in [6.45, 7) is 2.08. The predicted molar refractivity (Wildman–Crippen MR) is 61.3 cm³/mol. The molecule has 100 valence electrons. The molecule has 0 heterocycles. The van der Waals surface area contributed by atoms with Gasteiger partial charge in [0.15, 0.2) is 17.4 Å². The Balaban J connectivity index is 2.69. The van der Waals surface area contributed by atoms with Crippen molar-refractivity contribution in [2.75, 3.05) is 20.3 Å². The molecule has 6 heteroatoms. The molecule has 0 spiro atoms. The lowest BCUT2D eigenvalue weighted by Gasteiger charge is -2.16. The van der Waals surface area contributed by atoms with Gasteiger partial charge >= 0.3 is 5.97 Å². The topological polar surface area (TPSA) is 47.6 Å². The van der Waals surface area contributed by atoms with E-state index in [-0.39, 0.29) is 6.61 Å². The molecule has 0 aliphatic heterocycles. The van der Waals surface area contributed by atoms with Crippen LogP contribution >= 0.6 is 0 Å². The van der Waals surface area contributed by atoms with Crippen LogP contribution in [0.1, 0.15) is 6.92 Å². The molecule has 0 amide bonds. The highest BCUT2D eigenvalue weighted by atomic mass is 19.1. The number of carbonyl (C=O) groups excluding carboxylic acids is 1. The second-order valence-corrected chi connectivity index (χ2v) is 3.50. The van der Waals surface area contributed by atoms with Gasteiger partial charge in [0.2, 0.25) is 0 Å². The first kappa shape index (κ1) is 14.4. The fourth-order valence-corrected chi connectivity index (χ4v) is 1.39. The fourth-order valence-electron chi connectivity index (χ4n) is 1.39. The third-order valence-corrected chi connectivity index (χ3v) is 2.25. The summed E-state index contributed by atoms with van der Waals surface area (Å²) in [6.07, 6.45) is 0. The van der Waals surface area contributed by atoms with Crippen LogP contribution in [-0.2, 0) is 9.53 Å². The molecule has 0 fully saturated rings. The van der Waals surface area contributed by atoms with Crippen LogP contribution in [0.4, 0.5) is 8.78 Å². The number of esters is 1. The number of likely N-dealkylation sites (N-methyl/N-ethyl adjacent to an activating group) is 1. The number of nitrogens with one attached hydrogen (secondary N) is 1. The van der Waals surface area contributed by atoms with Gasteiger partial charge in [0, 0.05) is 0 Å². The normalized spacial score (nSPS) is 12.0. The van der Waals surface area contributed by atoms with Crippen LogP contribution in [0.5, 0.6) is 5.75 Å². The van der Waals surface area contributed by atoms with E-state index < -0.39 is 29.4 Å². The van der Waals surface area contributed by atoms with Gasteiger partial charge in [-0.1, -0.05) is 13.0 Å². The lowest BCUT2D eigenvalue weighted by Crippen LogP contribution is -2.42. The highest BCUT2D eigenvalue weighted by molar-refractivity contribution is 5.75. The average Bonchev–Trinajstić information content (AvgIpc) is 2.36. The van der Waals surface area contributed by atoms with Gasteiger partial charge in [0.1, 0.15) is 12.6 Å². The summed E-state index contributed by atoms with van der Waals surface area (Å²) in [5.41, 5.74) is 0. The first-order chi connectivity index (χ1) is 8.60. The molecular formula is C12H15F2NO3. The number of hydrogen-bond acceptors (Lipinski definition) is 4. The van der Waals surface area contributed by atoms with Crippen molar-refractivity contribution in [3.8, 4) is 5.75 Å². The number of ether oxygens (including phenoxy) is 2. The van der Waals surface area contributed by atoms with Crippen molar-refractivity contribution in [3.63, 3.8) is 0 Å². The Morgan fingerprint density at radius 1 is 1.39 bits per heavy atom. The van der Waals surface area contributed by atoms with Crippen molar-refractivity contribution in [2.24, 2.45) is 0 Å². The van der Waals surface area contributed by atoms with Gasteiger partial charge in [0.05, 0.1) is 7.11 Å². The summed E-state index contributed by atoms with van der Waals surface area (Å²) >= 11 is 0. The molecule has 0 saturated carbocycles. The summed E-state index contributed by atoms with van der Waals surface area (Å²) < 4.78 is 36.1. The predicted octanol–water partition coefficient (Wildman–Crippen LogP) is 1.49. The van der Waals surface area contributed by atoms with E-state index in [2.05, 4.69) is 10.1 Å². The second kappa shape index (κ2) is 6.90. The van der Waals surface area contributed by atoms with Gasteiger partial charge in [-0.2, -0.15) is 0 Å². The van der Waals surface area contributed by atoms with Gasteiger partial charge in [0.25, 0.3) is 0 Å². The highest BCUT2D eigenvalue weighted by Gasteiger charge is 2.20. The molecule has 0 saturated heterocycles. The van der Waals surface area contributed by atoms with Crippen molar-refractivity contribution in [1.82, 2.24) is 5.32 Å². The Kier molecular flexibility index (Phi) is 5.51. The smallest absolute Gasteiger partial charge is 0.326 e. The van der Waals surface area contributed by atoms with Crippen molar-refractivity contribution in [1.29, 1.82) is 0 Å². The fraction of sp³-hybridized carbons (Fsp3) is 0.417. The van der Waals surface area contributed by atoms with Crippen LogP contribution in [0, 0.1) is 11.6 Å². The van der Waals surface area contributed by atoms with E-state index in [1.165, 1.54) is 13.2 Å². The molecule has 1 rings (SSSR count). The third-order valence-electron chi connectivity index (χ3n) is 2.25. The number of rotatable bonds is 6. The van der Waals surface area contributed by atoms with Gasteiger partial charge < -0.3 is 14.8 Å². The van der Waals surface area contributed by atoms with E-state index in [4.69, 9.17) is 4.74 Å². The molecule has 1 aromatic rings. The van der Waals surface area contributed by atoms with Crippen LogP contribution in [-0.4, -0.2) is 32.3 Å². The molecule has 0 bridgehead atoms. The minimum Gasteiger partial charge on any atom is -0.485 e. The Bertz CT molecular complexity index is 392. The van der Waals surface area contributed by atoms with Gasteiger partial charge in [-0.15, -0.1) is 0 Å². The number of para-hydroxylation sites is 1. The highest BCUT2D eigenvalue weighted by Crippen LogP contribution is 2.20. The number of benzene rings is 1. The van der Waals surface area contributed by atoms with Crippen LogP contribution < -0.4 is 10.1 Å². The summed E-state index contributed by atoms with van der Waals surface area (Å²) in [5.74, 6) is -2.66. The zero-order chi connectivity index (χ0) is 13.5. The molecule has 1 atom stereocenters. The summed E-state index contributed by atoms with van der Waals surface area (Å²) in [5, 5.41) is 2.80. The zero-order valence-corrected chi connectivity index (χ0v) is 10.2. The number of hydrogen-bond donors (Lipinski definition) is 1. The average molecular weight is 259 g/mol. The first-order valence-electron chi connectivity index (χ1n) is 5.48. The quantitative estimate of drug-likeness (QED) is 0.786. The van der Waals surface area contributed by atoms with E-state index >= 15 is 0 Å². The number of carbonyl (C=O) groups is 1. The van der Waals surface area contributed by atoms with Gasteiger partial charge in [-0.25, -0.2) is 8.78 Å². The van der Waals surface area contributed by atoms with Gasteiger partial charge in [-0.3, -0.25) is 4.79 Å². The minimum absolute atomic E-state index is 0.210. The second-order valence-electron chi connectivity index (χ2n) is 3.50. The monoisotopic (exact) mass is 259 g/mol. The molecule has 18 heavy (non-hydrogen) atoms. The first-order valence-corrected chi connectivity index (χ1v) is 5.48. The molecule has 0 aliphatic rings. The van der Waals surface area contributed by atoms with E-state index in [0.717, 1.165) is 12.1 Å². The molecular weight excluding hydrogens is 244 g/mol. The molecule has 1 aromatic carbocycles. The molecule has 0 aromatic heterocycles. The molecule has 1 unspecified atom stereocenters. The zero-order valence-electron chi connectivity index (χ0n) is 10.2. The maximum absolute atomic E-state index is 13.3. The third kappa shape index (κ3) is 3.66. The van der Waals surface area contributed by atoms with Crippen molar-refractivity contribution in [3.05, 3.63) is 29.8 Å². The Hall–Kier alpha value is -1.69. The lowest BCUT2D eigenvalue weighted by molar-refractivity contribution is -0.143. The summed E-state index contributed by atoms with van der Waals surface area (Å²) in [4.78, 5) is 11.3. The Morgan fingerprint density at radius 3 is 2.50 bits per heavy atom. The van der Waals surface area contributed by atoms with E-state index in [1.54, 1.807) is 6.92 Å². The molecule has 1 N–H and O–H groups in total. The molecule has 4 nitrogen and oxygen atoms in total. The minimum atomic E-state index is -0.810. The SMILES string of the molecule is CCNC(COc1c(F)cccc1F)C(=O)OC. The van der Waals surface area contributed by atoms with Crippen LogP contribution in [0.2, 0.25) is 0 Å². The molecule has 0 radical (unpaired) electrons. The number of methoxy groups -OCH3 is 1. The van der Waals surface area contributed by atoms with E-state index in [1.807, 2.05) is 0 Å². The maximum atomic E-state index is 13.3. The van der Waals surface area contributed by atoms with Crippen LogP contribution in [0.3, 0.4) is 0 Å².